The van der Waals surface area contributed by atoms with Crippen LogP contribution in [0.15, 0.2) is 54.6 Å². The Balaban J connectivity index is 1.49. The summed E-state index contributed by atoms with van der Waals surface area (Å²) in [6.07, 6.45) is 2.27. The van der Waals surface area contributed by atoms with Gasteiger partial charge in [0.2, 0.25) is 35.3 Å². The number of hydrogen-bond acceptors (Lipinski definition) is 9. The van der Waals surface area contributed by atoms with Gasteiger partial charge in [0, 0.05) is 39.2 Å². The van der Waals surface area contributed by atoms with Crippen molar-refractivity contribution in [1.29, 1.82) is 0 Å². The zero-order valence-corrected chi connectivity index (χ0v) is 33.9. The Morgan fingerprint density at radius 1 is 0.947 bits per heavy atom. The molecule has 15 heteroatoms. The van der Waals surface area contributed by atoms with E-state index in [2.05, 4.69) is 21.3 Å². The monoisotopic (exact) mass is 790 g/mol. The van der Waals surface area contributed by atoms with Crippen molar-refractivity contribution in [2.75, 3.05) is 40.4 Å². The number of unbranched alkanes of at least 4 members (excludes halogenated alkanes) is 1. The summed E-state index contributed by atoms with van der Waals surface area (Å²) in [4.78, 5) is 97.3. The van der Waals surface area contributed by atoms with E-state index < -0.39 is 71.6 Å². The lowest BCUT2D eigenvalue weighted by Gasteiger charge is -2.35. The molecule has 2 aliphatic rings. The third-order valence-corrected chi connectivity index (χ3v) is 9.98. The molecule has 4 N–H and O–H groups in total. The van der Waals surface area contributed by atoms with Crippen molar-refractivity contribution >= 4 is 41.2 Å². The Bertz CT molecular complexity index is 1740. The summed E-state index contributed by atoms with van der Waals surface area (Å²) in [5, 5.41) is 10.6. The van der Waals surface area contributed by atoms with E-state index in [4.69, 9.17) is 9.47 Å². The highest BCUT2D eigenvalue weighted by Crippen LogP contribution is 2.28. The molecule has 15 nitrogen and oxygen atoms in total. The standard InChI is InChI=1S/C42H58N6O9/c1-7-8-19-30(36(51)39(53)43-25-34(50)45-35(40(54)47(5)6)27-16-10-9-11-17-27)44-38(52)31-24-29-26-48(31)41(55)37(42(2,3)4)46-33(49)23-28-18-12-13-20-32(28)57-22-15-14-21-56-29/h9-13,16-18,20,29-31,35,37H,7-8,14-15,19,21-26H2,1-6H3,(H,43,53)(H,44,52)(H,45,50)(H,46,49)/t29-,30+,31+,35+,37-/m1/s1. The quantitative estimate of drug-likeness (QED) is 0.234. The van der Waals surface area contributed by atoms with Gasteiger partial charge in [-0.2, -0.15) is 0 Å². The molecule has 0 saturated carbocycles. The molecule has 2 heterocycles. The largest absolute Gasteiger partial charge is 0.493 e. The van der Waals surface area contributed by atoms with Crippen LogP contribution in [0, 0.1) is 5.41 Å². The molecule has 1 fully saturated rings. The predicted molar refractivity (Wildman–Crippen MR) is 212 cm³/mol. The molecule has 2 aromatic rings. The number of nitrogens with zero attached hydrogens (tertiary/aromatic N) is 2. The number of carbonyl (C=O) groups is 7. The fourth-order valence-electron chi connectivity index (χ4n) is 6.79. The lowest BCUT2D eigenvalue weighted by molar-refractivity contribution is -0.145. The number of ether oxygens (including phenoxy) is 2. The summed E-state index contributed by atoms with van der Waals surface area (Å²) in [6.45, 7) is 7.65. The fourth-order valence-corrected chi connectivity index (χ4v) is 6.79. The lowest BCUT2D eigenvalue weighted by atomic mass is 9.85. The Labute approximate surface area is 335 Å². The van der Waals surface area contributed by atoms with E-state index in [0.717, 1.165) is 0 Å². The molecule has 6 amide bonds. The maximum absolute atomic E-state index is 14.4. The van der Waals surface area contributed by atoms with Crippen LogP contribution in [0.5, 0.6) is 5.75 Å². The molecular weight excluding hydrogens is 732 g/mol. The number of amides is 6. The van der Waals surface area contributed by atoms with Gasteiger partial charge in [0.1, 0.15) is 23.9 Å². The summed E-state index contributed by atoms with van der Waals surface area (Å²) >= 11 is 0. The van der Waals surface area contributed by atoms with Crippen molar-refractivity contribution in [3.8, 4) is 5.75 Å². The number of nitrogens with one attached hydrogen (secondary N) is 4. The summed E-state index contributed by atoms with van der Waals surface area (Å²) in [5.41, 5.74) is 0.474. The number of hydrogen-bond donors (Lipinski definition) is 4. The molecule has 2 bridgehead atoms. The van der Waals surface area contributed by atoms with Crippen LogP contribution in [-0.2, 0) is 44.7 Å². The van der Waals surface area contributed by atoms with Crippen LogP contribution in [0.1, 0.15) is 83.4 Å². The van der Waals surface area contributed by atoms with Crippen LogP contribution in [-0.4, -0.2) is 116 Å². The van der Waals surface area contributed by atoms with Gasteiger partial charge in [0.05, 0.1) is 31.7 Å². The average molecular weight is 791 g/mol. The zero-order valence-electron chi connectivity index (χ0n) is 33.9. The lowest BCUT2D eigenvalue weighted by Crippen LogP contribution is -2.59. The smallest absolute Gasteiger partial charge is 0.290 e. The van der Waals surface area contributed by atoms with E-state index in [0.29, 0.717) is 55.8 Å². The minimum absolute atomic E-state index is 0.0154. The van der Waals surface area contributed by atoms with Crippen LogP contribution in [0.4, 0.5) is 0 Å². The Morgan fingerprint density at radius 3 is 2.32 bits per heavy atom. The number of rotatable bonds is 12. The first kappa shape index (κ1) is 44.4. The van der Waals surface area contributed by atoms with Crippen LogP contribution in [0.3, 0.4) is 0 Å². The Morgan fingerprint density at radius 2 is 1.63 bits per heavy atom. The molecule has 4 rings (SSSR count). The number of benzene rings is 2. The Hall–Kier alpha value is -5.31. The van der Waals surface area contributed by atoms with E-state index in [-0.39, 0.29) is 37.6 Å². The number of para-hydroxylation sites is 1. The van der Waals surface area contributed by atoms with Crippen LogP contribution < -0.4 is 26.0 Å². The topological polar surface area (TPSA) is 193 Å². The molecule has 0 unspecified atom stereocenters. The minimum atomic E-state index is -1.25. The molecule has 310 valence electrons. The highest BCUT2D eigenvalue weighted by atomic mass is 16.5. The van der Waals surface area contributed by atoms with Gasteiger partial charge < -0.3 is 40.5 Å². The molecule has 0 spiro atoms. The zero-order chi connectivity index (χ0) is 41.7. The molecule has 0 aromatic heterocycles. The van der Waals surface area contributed by atoms with Gasteiger partial charge >= 0.3 is 0 Å². The average Bonchev–Trinajstić information content (AvgIpc) is 3.61. The number of carbonyl (C=O) groups excluding carboxylic acids is 7. The van der Waals surface area contributed by atoms with Gasteiger partial charge in [-0.1, -0.05) is 89.1 Å². The first-order valence-electron chi connectivity index (χ1n) is 19.7. The van der Waals surface area contributed by atoms with Crippen molar-refractivity contribution in [3.05, 3.63) is 65.7 Å². The molecule has 0 aliphatic carbocycles. The van der Waals surface area contributed by atoms with Gasteiger partial charge in [-0.15, -0.1) is 0 Å². The number of ketones is 1. The second-order valence-electron chi connectivity index (χ2n) is 15.8. The van der Waals surface area contributed by atoms with E-state index in [9.17, 15) is 33.6 Å². The number of fused-ring (bicyclic) bond motifs is 3. The van der Waals surface area contributed by atoms with Gasteiger partial charge in [-0.05, 0) is 36.3 Å². The highest BCUT2D eigenvalue weighted by Gasteiger charge is 2.46. The SMILES string of the molecule is CCCC[C@H](NC(=O)[C@@H]1C[C@@H]2CN1C(=O)[C@H](C(C)(C)C)NC(=O)Cc1ccccc1OCCCCO2)C(=O)C(=O)NCC(=O)N[C@H](C(=O)N(C)C)c1ccccc1. The van der Waals surface area contributed by atoms with Gasteiger partial charge in [-0.3, -0.25) is 33.6 Å². The maximum atomic E-state index is 14.4. The molecule has 2 aromatic carbocycles. The molecule has 5 atom stereocenters. The van der Waals surface area contributed by atoms with Crippen molar-refractivity contribution in [1.82, 2.24) is 31.1 Å². The van der Waals surface area contributed by atoms with Gasteiger partial charge in [0.25, 0.3) is 5.91 Å². The maximum Gasteiger partial charge on any atom is 0.290 e. The number of Topliss-reactive ketones (excluding diaryl/α,β-unsaturated/α-hetero) is 1. The van der Waals surface area contributed by atoms with Crippen LogP contribution in [0.25, 0.3) is 0 Å². The van der Waals surface area contributed by atoms with Crippen molar-refractivity contribution in [2.45, 2.75) is 103 Å². The van der Waals surface area contributed by atoms with Gasteiger partial charge in [-0.25, -0.2) is 0 Å². The van der Waals surface area contributed by atoms with E-state index in [1.807, 2.05) is 45.9 Å². The van der Waals surface area contributed by atoms with Crippen LogP contribution >= 0.6 is 0 Å². The molecular formula is C42H58N6O9. The fraction of sp³-hybridized carbons (Fsp3) is 0.548. The summed E-state index contributed by atoms with van der Waals surface area (Å²) in [7, 11) is 3.12. The first-order chi connectivity index (χ1) is 27.1. The second-order valence-corrected chi connectivity index (χ2v) is 15.8. The summed E-state index contributed by atoms with van der Waals surface area (Å²) < 4.78 is 12.1. The van der Waals surface area contributed by atoms with Crippen molar-refractivity contribution in [3.63, 3.8) is 0 Å². The second kappa shape index (κ2) is 20.7. The van der Waals surface area contributed by atoms with Gasteiger partial charge in [0.15, 0.2) is 0 Å². The molecule has 57 heavy (non-hydrogen) atoms. The molecule has 1 saturated heterocycles. The van der Waals surface area contributed by atoms with E-state index >= 15 is 0 Å². The van der Waals surface area contributed by atoms with E-state index in [1.165, 1.54) is 9.80 Å². The summed E-state index contributed by atoms with van der Waals surface area (Å²) in [6, 6.07) is 11.6. The third-order valence-electron chi connectivity index (χ3n) is 9.98. The van der Waals surface area contributed by atoms with Crippen molar-refractivity contribution < 1.29 is 43.0 Å². The molecule has 2 aliphatic heterocycles. The minimum Gasteiger partial charge on any atom is -0.493 e. The Kier molecular flexibility index (Phi) is 16.2. The predicted octanol–water partition coefficient (Wildman–Crippen LogP) is 2.22. The summed E-state index contributed by atoms with van der Waals surface area (Å²) in [5.74, 6) is -4.01. The highest BCUT2D eigenvalue weighted by molar-refractivity contribution is 6.38. The first-order valence-corrected chi connectivity index (χ1v) is 19.7. The molecule has 0 radical (unpaired) electrons. The van der Waals surface area contributed by atoms with Crippen LogP contribution in [0.2, 0.25) is 0 Å². The van der Waals surface area contributed by atoms with Crippen molar-refractivity contribution in [2.24, 2.45) is 5.41 Å². The van der Waals surface area contributed by atoms with E-state index in [1.54, 1.807) is 50.5 Å². The third kappa shape index (κ3) is 12.6. The normalized spacial score (nSPS) is 20.2. The number of likely N-dealkylation sites (N-methyl/N-ethyl adjacent to an activating group) is 1.